The molecular weight excluding hydrogens is 381 g/mol. The van der Waals surface area contributed by atoms with Crippen LogP contribution in [0.4, 0.5) is 0 Å². The van der Waals surface area contributed by atoms with E-state index < -0.39 is 11.2 Å². The highest BCUT2D eigenvalue weighted by atomic mass is 31.0. The highest BCUT2D eigenvalue weighted by Crippen LogP contribution is 2.30. The average molecular weight is 416 g/mol. The molecule has 5 nitrogen and oxygen atoms in total. The van der Waals surface area contributed by atoms with E-state index in [2.05, 4.69) is 79.6 Å². The first-order valence-electron chi connectivity index (χ1n) is 9.85. The zero-order valence-corrected chi connectivity index (χ0v) is 19.7. The monoisotopic (exact) mass is 415 g/mol. The van der Waals surface area contributed by atoms with Crippen molar-refractivity contribution in [3.63, 3.8) is 0 Å². The first-order chi connectivity index (χ1) is 13.8. The van der Waals surface area contributed by atoms with Crippen LogP contribution in [-0.4, -0.2) is 14.1 Å². The van der Waals surface area contributed by atoms with Gasteiger partial charge in [-0.25, -0.2) is 13.8 Å². The van der Waals surface area contributed by atoms with E-state index in [1.54, 1.807) is 0 Å². The predicted octanol–water partition coefficient (Wildman–Crippen LogP) is 4.65. The fourth-order valence-electron chi connectivity index (χ4n) is 2.37. The second kappa shape index (κ2) is 13.6. The van der Waals surface area contributed by atoms with Gasteiger partial charge >= 0.3 is 5.69 Å². The lowest BCUT2D eigenvalue weighted by Crippen LogP contribution is -2.34. The number of aromatic nitrogens is 3. The van der Waals surface area contributed by atoms with Crippen LogP contribution in [0.2, 0.25) is 0 Å². The molecule has 1 aromatic heterocycles. The summed E-state index contributed by atoms with van der Waals surface area (Å²) in [4.78, 5) is 21.5. The first kappa shape index (κ1) is 26.5. The summed E-state index contributed by atoms with van der Waals surface area (Å²) >= 11 is 0. The van der Waals surface area contributed by atoms with Crippen molar-refractivity contribution in [1.82, 2.24) is 14.1 Å². The van der Waals surface area contributed by atoms with E-state index in [1.165, 1.54) is 18.2 Å². The largest absolute Gasteiger partial charge is 0.350 e. The number of benzene rings is 2. The third-order valence-electron chi connectivity index (χ3n) is 4.05. The predicted molar refractivity (Wildman–Crippen MR) is 127 cm³/mol. The van der Waals surface area contributed by atoms with Crippen LogP contribution in [0.15, 0.2) is 76.4 Å². The van der Waals surface area contributed by atoms with Crippen molar-refractivity contribution >= 4 is 9.39 Å². The third kappa shape index (κ3) is 7.78. The molecule has 0 aliphatic heterocycles. The molecule has 1 atom stereocenters. The molecule has 2 aromatic carbocycles. The van der Waals surface area contributed by atoms with Gasteiger partial charge in [0.15, 0.2) is 0 Å². The van der Waals surface area contributed by atoms with Crippen LogP contribution in [0.3, 0.4) is 0 Å². The Morgan fingerprint density at radius 2 is 1.17 bits per heavy atom. The average Bonchev–Trinajstić information content (AvgIpc) is 2.79. The fourth-order valence-corrected chi connectivity index (χ4v) is 2.61. The molecule has 0 radical (unpaired) electrons. The van der Waals surface area contributed by atoms with Crippen LogP contribution >= 0.6 is 9.39 Å². The molecule has 3 rings (SSSR count). The Morgan fingerprint density at radius 1 is 0.793 bits per heavy atom. The van der Waals surface area contributed by atoms with E-state index in [0.29, 0.717) is 0 Å². The lowest BCUT2D eigenvalue weighted by molar-refractivity contribution is 0.641. The molecule has 1 heterocycles. The normalized spacial score (nSPS) is 9.66. The maximum Gasteiger partial charge on any atom is 0.350 e. The van der Waals surface area contributed by atoms with Gasteiger partial charge in [0.2, 0.25) is 0 Å². The zero-order valence-electron chi connectivity index (χ0n) is 18.6. The molecule has 0 saturated heterocycles. The first-order valence-corrected chi connectivity index (χ1v) is 10.4. The topological polar surface area (TPSA) is 56.9 Å². The number of hydrogen-bond donors (Lipinski definition) is 0. The lowest BCUT2D eigenvalue weighted by atomic mass is 9.78. The Labute approximate surface area is 176 Å². The lowest BCUT2D eigenvalue weighted by Gasteiger charge is -2.25. The minimum absolute atomic E-state index is 0.0858. The summed E-state index contributed by atoms with van der Waals surface area (Å²) in [6.07, 6.45) is 1.08. The van der Waals surface area contributed by atoms with E-state index in [4.69, 9.17) is 0 Å². The minimum Gasteiger partial charge on any atom is -0.267 e. The molecule has 1 unspecified atom stereocenters. The van der Waals surface area contributed by atoms with Gasteiger partial charge in [-0.2, -0.15) is 5.10 Å². The summed E-state index contributed by atoms with van der Waals surface area (Å²) in [5, 5.41) is 3.50. The van der Waals surface area contributed by atoms with Gasteiger partial charge in [0, 0.05) is 12.5 Å². The molecule has 0 aliphatic carbocycles. The standard InChI is InChI=1S/C15H16.C4H6N3O2P.2C2H6/c1-15(2,13-9-5-3-6-10-13)14-11-7-4-8-12-14;1-6-4(9)7(10)3(8)2-5-6;2*1-2/h3-12H,1-2H3;2H,10H2,1H3;2*1-2H3. The van der Waals surface area contributed by atoms with Crippen molar-refractivity contribution in [2.45, 2.75) is 47.0 Å². The van der Waals surface area contributed by atoms with Crippen molar-refractivity contribution < 1.29 is 0 Å². The molecule has 0 amide bonds. The van der Waals surface area contributed by atoms with Gasteiger partial charge in [-0.05, 0) is 20.5 Å². The van der Waals surface area contributed by atoms with Gasteiger partial charge in [-0.1, -0.05) is 102 Å². The Balaban J connectivity index is 0.000000488. The number of rotatable bonds is 2. The number of nitrogens with zero attached hydrogens (tertiary/aromatic N) is 3. The van der Waals surface area contributed by atoms with E-state index in [9.17, 15) is 9.59 Å². The van der Waals surface area contributed by atoms with Gasteiger partial charge < -0.3 is 0 Å². The summed E-state index contributed by atoms with van der Waals surface area (Å²) in [6, 6.07) is 21.3. The molecule has 0 saturated carbocycles. The number of hydrogen-bond acceptors (Lipinski definition) is 3. The van der Waals surface area contributed by atoms with Gasteiger partial charge in [-0.3, -0.25) is 4.79 Å². The van der Waals surface area contributed by atoms with Crippen LogP contribution in [0.1, 0.15) is 52.7 Å². The molecule has 0 bridgehead atoms. The smallest absolute Gasteiger partial charge is 0.267 e. The van der Waals surface area contributed by atoms with E-state index >= 15 is 0 Å². The summed E-state index contributed by atoms with van der Waals surface area (Å²) in [5.74, 6) is 0. The SMILES string of the molecule is CC.CC.CC(C)(c1ccccc1)c1ccccc1.Cn1ncc(=O)n(P)c1=O. The Morgan fingerprint density at radius 3 is 1.52 bits per heavy atom. The van der Waals surface area contributed by atoms with Crippen LogP contribution in [0, 0.1) is 0 Å². The summed E-state index contributed by atoms with van der Waals surface area (Å²) in [7, 11) is 3.48. The maximum atomic E-state index is 10.8. The molecule has 0 spiro atoms. The van der Waals surface area contributed by atoms with Crippen molar-refractivity contribution in [1.29, 1.82) is 0 Å². The van der Waals surface area contributed by atoms with Crippen LogP contribution < -0.4 is 11.2 Å². The van der Waals surface area contributed by atoms with Crippen molar-refractivity contribution in [3.05, 3.63) is 98.8 Å². The molecule has 6 heteroatoms. The van der Waals surface area contributed by atoms with Gasteiger partial charge in [0.25, 0.3) is 5.56 Å². The minimum atomic E-state index is -0.447. The zero-order chi connectivity index (χ0) is 22.4. The van der Waals surface area contributed by atoms with Crippen molar-refractivity contribution in [2.75, 3.05) is 0 Å². The second-order valence-corrected chi connectivity index (χ2v) is 6.63. The highest BCUT2D eigenvalue weighted by molar-refractivity contribution is 7.14. The van der Waals surface area contributed by atoms with Crippen molar-refractivity contribution in [3.8, 4) is 0 Å². The highest BCUT2D eigenvalue weighted by Gasteiger charge is 2.21. The maximum absolute atomic E-state index is 10.8. The van der Waals surface area contributed by atoms with Crippen molar-refractivity contribution in [2.24, 2.45) is 7.05 Å². The Hall–Kier alpha value is -2.52. The fraction of sp³-hybridized carbons (Fsp3) is 0.348. The Bertz CT molecular complexity index is 892. The van der Waals surface area contributed by atoms with Crippen LogP contribution in [0.25, 0.3) is 0 Å². The van der Waals surface area contributed by atoms with Gasteiger partial charge in [0.1, 0.15) is 6.20 Å². The second-order valence-electron chi connectivity index (χ2n) is 6.12. The summed E-state index contributed by atoms with van der Waals surface area (Å²) in [6.45, 7) is 12.5. The molecule has 3 aromatic rings. The number of aryl methyl sites for hydroxylation is 1. The molecule has 0 fully saturated rings. The Kier molecular flexibility index (Phi) is 12.4. The summed E-state index contributed by atoms with van der Waals surface area (Å²) < 4.78 is 1.99. The van der Waals surface area contributed by atoms with Gasteiger partial charge in [0.05, 0.1) is 0 Å². The van der Waals surface area contributed by atoms with E-state index in [-0.39, 0.29) is 5.41 Å². The molecule has 158 valence electrons. The van der Waals surface area contributed by atoms with Crippen LogP contribution in [0.5, 0.6) is 0 Å². The third-order valence-corrected chi connectivity index (χ3v) is 4.53. The quantitative estimate of drug-likeness (QED) is 0.573. The van der Waals surface area contributed by atoms with Crippen LogP contribution in [-0.2, 0) is 12.5 Å². The van der Waals surface area contributed by atoms with E-state index in [1.807, 2.05) is 37.1 Å². The molecule has 0 N–H and O–H groups in total. The van der Waals surface area contributed by atoms with Gasteiger partial charge in [-0.15, -0.1) is 0 Å². The molecule has 29 heavy (non-hydrogen) atoms. The molecular formula is C23H34N3O2P. The summed E-state index contributed by atoms with van der Waals surface area (Å²) in [5.41, 5.74) is 1.93. The van der Waals surface area contributed by atoms with E-state index in [0.717, 1.165) is 15.2 Å². The molecule has 0 aliphatic rings.